The van der Waals surface area contributed by atoms with Crippen molar-refractivity contribution in [2.45, 2.75) is 6.54 Å². The summed E-state index contributed by atoms with van der Waals surface area (Å²) in [6.45, 7) is 2.78. The number of aromatic nitrogens is 3. The van der Waals surface area contributed by atoms with E-state index in [-0.39, 0.29) is 12.5 Å². The molecule has 0 aliphatic carbocycles. The predicted molar refractivity (Wildman–Crippen MR) is 70.7 cm³/mol. The van der Waals surface area contributed by atoms with Gasteiger partial charge in [0.2, 0.25) is 5.91 Å². The van der Waals surface area contributed by atoms with Gasteiger partial charge in [-0.05, 0) is 11.4 Å². The lowest BCUT2D eigenvalue weighted by Crippen LogP contribution is -2.42. The maximum absolute atomic E-state index is 12.0. The number of carbonyl (C=O) groups excluding carboxylic acids is 1. The van der Waals surface area contributed by atoms with Gasteiger partial charge in [0.25, 0.3) is 0 Å². The van der Waals surface area contributed by atoms with Gasteiger partial charge in [-0.25, -0.2) is 4.68 Å². The van der Waals surface area contributed by atoms with Crippen LogP contribution in [0.15, 0.2) is 23.7 Å². The molecule has 0 saturated carbocycles. The van der Waals surface area contributed by atoms with Crippen LogP contribution in [0.4, 0.5) is 0 Å². The van der Waals surface area contributed by atoms with Gasteiger partial charge in [-0.15, -0.1) is 16.4 Å². The van der Waals surface area contributed by atoms with E-state index in [4.69, 9.17) is 4.74 Å². The quantitative estimate of drug-likeness (QED) is 0.835. The molecule has 0 bridgehead atoms. The number of ether oxygens (including phenoxy) is 1. The highest BCUT2D eigenvalue weighted by molar-refractivity contribution is 7.13. The molecule has 0 aromatic carbocycles. The molecule has 1 aliphatic rings. The van der Waals surface area contributed by atoms with E-state index in [9.17, 15) is 4.79 Å². The van der Waals surface area contributed by atoms with Crippen molar-refractivity contribution in [3.8, 4) is 10.6 Å². The SMILES string of the molecule is O=C(Cn1cc(-c2cccs2)nn1)N1CCOCC1. The van der Waals surface area contributed by atoms with E-state index >= 15 is 0 Å². The number of rotatable bonds is 3. The first-order valence-electron chi connectivity index (χ1n) is 6.12. The minimum absolute atomic E-state index is 0.0610. The lowest BCUT2D eigenvalue weighted by Gasteiger charge is -2.26. The summed E-state index contributed by atoms with van der Waals surface area (Å²) in [5.74, 6) is 0.0610. The molecule has 1 amide bonds. The fraction of sp³-hybridized carbons (Fsp3) is 0.417. The number of hydrogen-bond acceptors (Lipinski definition) is 5. The molecule has 0 N–H and O–H groups in total. The Kier molecular flexibility index (Phi) is 3.56. The number of nitrogens with zero attached hydrogens (tertiary/aromatic N) is 4. The van der Waals surface area contributed by atoms with E-state index in [1.165, 1.54) is 0 Å². The fourth-order valence-corrected chi connectivity index (χ4v) is 2.64. The van der Waals surface area contributed by atoms with Gasteiger partial charge in [-0.1, -0.05) is 11.3 Å². The Morgan fingerprint density at radius 2 is 2.26 bits per heavy atom. The minimum atomic E-state index is 0.0610. The molecule has 0 radical (unpaired) electrons. The van der Waals surface area contributed by atoms with Crippen LogP contribution in [0.2, 0.25) is 0 Å². The standard InChI is InChI=1S/C12H14N4O2S/c17-12(15-3-5-18-6-4-15)9-16-8-10(13-14-16)11-2-1-7-19-11/h1-2,7-8H,3-6,9H2. The molecule has 1 aliphatic heterocycles. The van der Waals surface area contributed by atoms with Crippen molar-refractivity contribution >= 4 is 17.2 Å². The molecule has 6 nitrogen and oxygen atoms in total. The second-order valence-corrected chi connectivity index (χ2v) is 5.22. The molecular formula is C12H14N4O2S. The highest BCUT2D eigenvalue weighted by Gasteiger charge is 2.17. The Labute approximate surface area is 114 Å². The molecule has 0 spiro atoms. The Morgan fingerprint density at radius 1 is 1.42 bits per heavy atom. The van der Waals surface area contributed by atoms with Crippen molar-refractivity contribution in [2.24, 2.45) is 0 Å². The first-order chi connectivity index (χ1) is 9.33. The van der Waals surface area contributed by atoms with Gasteiger partial charge in [0.05, 0.1) is 24.3 Å². The first kappa shape index (κ1) is 12.3. The van der Waals surface area contributed by atoms with Gasteiger partial charge >= 0.3 is 0 Å². The normalized spacial score (nSPS) is 15.7. The smallest absolute Gasteiger partial charge is 0.244 e. The Bertz CT molecular complexity index is 546. The Balaban J connectivity index is 1.65. The van der Waals surface area contributed by atoms with E-state index in [1.54, 1.807) is 20.9 Å². The third-order valence-electron chi connectivity index (χ3n) is 2.97. The summed E-state index contributed by atoms with van der Waals surface area (Å²) >= 11 is 1.61. The molecule has 0 unspecified atom stereocenters. The molecule has 19 heavy (non-hydrogen) atoms. The minimum Gasteiger partial charge on any atom is -0.378 e. The van der Waals surface area contributed by atoms with Crippen LogP contribution in [0.5, 0.6) is 0 Å². The molecule has 7 heteroatoms. The van der Waals surface area contributed by atoms with Gasteiger partial charge in [0, 0.05) is 13.1 Å². The monoisotopic (exact) mass is 278 g/mol. The third-order valence-corrected chi connectivity index (χ3v) is 3.87. The van der Waals surface area contributed by atoms with Crippen LogP contribution in [-0.2, 0) is 16.1 Å². The van der Waals surface area contributed by atoms with Gasteiger partial charge in [-0.2, -0.15) is 0 Å². The van der Waals surface area contributed by atoms with Crippen LogP contribution < -0.4 is 0 Å². The van der Waals surface area contributed by atoms with E-state index in [1.807, 2.05) is 23.7 Å². The van der Waals surface area contributed by atoms with Crippen LogP contribution in [0, 0.1) is 0 Å². The van der Waals surface area contributed by atoms with Gasteiger partial charge < -0.3 is 9.64 Å². The number of amides is 1. The molecule has 100 valence electrons. The van der Waals surface area contributed by atoms with Crippen LogP contribution in [-0.4, -0.2) is 52.1 Å². The van der Waals surface area contributed by atoms with Crippen LogP contribution in [0.25, 0.3) is 10.6 Å². The van der Waals surface area contributed by atoms with Gasteiger partial charge in [0.15, 0.2) is 0 Å². The van der Waals surface area contributed by atoms with Gasteiger partial charge in [0.1, 0.15) is 12.2 Å². The number of thiophene rings is 1. The van der Waals surface area contributed by atoms with Gasteiger partial charge in [-0.3, -0.25) is 4.79 Å². The summed E-state index contributed by atoms with van der Waals surface area (Å²) in [7, 11) is 0. The zero-order valence-corrected chi connectivity index (χ0v) is 11.2. The zero-order chi connectivity index (χ0) is 13.1. The molecule has 2 aromatic heterocycles. The highest BCUT2D eigenvalue weighted by Crippen LogP contribution is 2.21. The van der Waals surface area contributed by atoms with Crippen molar-refractivity contribution in [2.75, 3.05) is 26.3 Å². The number of morpholine rings is 1. The average Bonchev–Trinajstić information content (AvgIpc) is 3.10. The summed E-state index contributed by atoms with van der Waals surface area (Å²) in [5, 5.41) is 10.1. The molecule has 2 aromatic rings. The lowest BCUT2D eigenvalue weighted by molar-refractivity contribution is -0.136. The van der Waals surface area contributed by atoms with Crippen LogP contribution in [0.1, 0.15) is 0 Å². The molecule has 1 saturated heterocycles. The summed E-state index contributed by atoms with van der Waals surface area (Å²) in [4.78, 5) is 14.9. The fourth-order valence-electron chi connectivity index (χ4n) is 1.96. The van der Waals surface area contributed by atoms with Crippen molar-refractivity contribution in [1.82, 2.24) is 19.9 Å². The molecule has 1 fully saturated rings. The molecule has 0 atom stereocenters. The van der Waals surface area contributed by atoms with Crippen molar-refractivity contribution in [3.05, 3.63) is 23.7 Å². The highest BCUT2D eigenvalue weighted by atomic mass is 32.1. The maximum atomic E-state index is 12.0. The Morgan fingerprint density at radius 3 is 3.00 bits per heavy atom. The van der Waals surface area contributed by atoms with E-state index in [0.717, 1.165) is 10.6 Å². The largest absolute Gasteiger partial charge is 0.378 e. The van der Waals surface area contributed by atoms with E-state index < -0.39 is 0 Å². The number of carbonyl (C=O) groups is 1. The van der Waals surface area contributed by atoms with Crippen molar-refractivity contribution in [3.63, 3.8) is 0 Å². The number of hydrogen-bond donors (Lipinski definition) is 0. The van der Waals surface area contributed by atoms with Crippen molar-refractivity contribution < 1.29 is 9.53 Å². The molecular weight excluding hydrogens is 264 g/mol. The summed E-state index contributed by atoms with van der Waals surface area (Å²) in [6.07, 6.45) is 1.81. The second kappa shape index (κ2) is 5.50. The third kappa shape index (κ3) is 2.82. The second-order valence-electron chi connectivity index (χ2n) is 4.27. The average molecular weight is 278 g/mol. The van der Waals surface area contributed by atoms with Crippen LogP contribution >= 0.6 is 11.3 Å². The van der Waals surface area contributed by atoms with Crippen LogP contribution in [0.3, 0.4) is 0 Å². The molecule has 3 heterocycles. The van der Waals surface area contributed by atoms with E-state index in [2.05, 4.69) is 10.3 Å². The maximum Gasteiger partial charge on any atom is 0.244 e. The first-order valence-corrected chi connectivity index (χ1v) is 7.00. The topological polar surface area (TPSA) is 60.2 Å². The van der Waals surface area contributed by atoms with Crippen molar-refractivity contribution in [1.29, 1.82) is 0 Å². The zero-order valence-electron chi connectivity index (χ0n) is 10.4. The summed E-state index contributed by atoms with van der Waals surface area (Å²) in [6, 6.07) is 3.96. The molecule has 3 rings (SSSR count). The Hall–Kier alpha value is -1.73. The lowest BCUT2D eigenvalue weighted by atomic mass is 10.4. The van der Waals surface area contributed by atoms with E-state index in [0.29, 0.717) is 26.3 Å². The predicted octanol–water partition coefficient (Wildman–Crippen LogP) is 0.865. The summed E-state index contributed by atoms with van der Waals surface area (Å²) in [5.41, 5.74) is 0.810. The summed E-state index contributed by atoms with van der Waals surface area (Å²) < 4.78 is 6.82.